The Hall–Kier alpha value is -2.62. The summed E-state index contributed by atoms with van der Waals surface area (Å²) in [5.74, 6) is -0.852. The zero-order chi connectivity index (χ0) is 15.0. The third-order valence-electron chi connectivity index (χ3n) is 3.52. The largest absolute Gasteiger partial charge is 0.334 e. The van der Waals surface area contributed by atoms with Gasteiger partial charge in [0.25, 0.3) is 5.91 Å². The molecule has 4 nitrogen and oxygen atoms in total. The van der Waals surface area contributed by atoms with E-state index in [1.165, 1.54) is 30.5 Å². The third-order valence-corrected chi connectivity index (χ3v) is 3.52. The van der Waals surface area contributed by atoms with Gasteiger partial charge in [0.05, 0.1) is 5.69 Å². The van der Waals surface area contributed by atoms with Crippen LogP contribution >= 0.6 is 0 Å². The minimum atomic E-state index is -0.519. The predicted octanol–water partition coefficient (Wildman–Crippen LogP) is 3.09. The van der Waals surface area contributed by atoms with Crippen molar-refractivity contribution in [3.8, 4) is 11.1 Å². The molecule has 0 N–H and O–H groups in total. The topological polar surface area (TPSA) is 46.6 Å². The molecule has 1 aliphatic carbocycles. The molecule has 0 heterocycles. The van der Waals surface area contributed by atoms with Crippen LogP contribution in [0.25, 0.3) is 11.1 Å². The number of benzene rings is 2. The lowest BCUT2D eigenvalue weighted by molar-refractivity contribution is -0.147. The van der Waals surface area contributed by atoms with Crippen molar-refractivity contribution in [1.82, 2.24) is 0 Å². The number of hydrogen-bond donors (Lipinski definition) is 0. The first-order valence-electron chi connectivity index (χ1n) is 6.76. The van der Waals surface area contributed by atoms with Crippen molar-refractivity contribution < 1.29 is 14.4 Å². The third kappa shape index (κ3) is 2.40. The highest BCUT2D eigenvalue weighted by Gasteiger charge is 2.21. The summed E-state index contributed by atoms with van der Waals surface area (Å²) in [4.78, 5) is 27.8. The highest BCUT2D eigenvalue weighted by Crippen LogP contribution is 2.38. The van der Waals surface area contributed by atoms with Crippen molar-refractivity contribution in [2.75, 3.05) is 5.06 Å². The number of nitrogens with zero attached hydrogens (tertiary/aromatic N) is 1. The fourth-order valence-electron chi connectivity index (χ4n) is 2.69. The standard InChI is InChI=1S/C17H15NO3/c1-11(19)18(21-12(2)20)15-7-8-17-14(10-15)9-13-5-3-4-6-16(13)17/h3-8,10H,9H2,1-2H3. The van der Waals surface area contributed by atoms with Crippen LogP contribution in [0.4, 0.5) is 5.69 Å². The highest BCUT2D eigenvalue weighted by atomic mass is 16.7. The van der Waals surface area contributed by atoms with Crippen LogP contribution in [0.3, 0.4) is 0 Å². The molecule has 21 heavy (non-hydrogen) atoms. The van der Waals surface area contributed by atoms with Crippen LogP contribution in [0.15, 0.2) is 42.5 Å². The summed E-state index contributed by atoms with van der Waals surface area (Å²) in [6.45, 7) is 2.64. The zero-order valence-corrected chi connectivity index (χ0v) is 11.9. The highest BCUT2D eigenvalue weighted by molar-refractivity contribution is 5.92. The molecule has 0 saturated carbocycles. The normalized spacial score (nSPS) is 11.5. The number of fused-ring (bicyclic) bond motifs is 3. The summed E-state index contributed by atoms with van der Waals surface area (Å²) >= 11 is 0. The Morgan fingerprint density at radius 1 is 1.00 bits per heavy atom. The van der Waals surface area contributed by atoms with Crippen molar-refractivity contribution in [1.29, 1.82) is 0 Å². The van der Waals surface area contributed by atoms with Crippen LogP contribution in [-0.4, -0.2) is 11.9 Å². The van der Waals surface area contributed by atoms with Gasteiger partial charge in [0.15, 0.2) is 0 Å². The maximum atomic E-state index is 11.6. The van der Waals surface area contributed by atoms with E-state index < -0.39 is 5.97 Å². The maximum absolute atomic E-state index is 11.6. The van der Waals surface area contributed by atoms with Crippen molar-refractivity contribution in [3.63, 3.8) is 0 Å². The molecule has 0 unspecified atom stereocenters. The average Bonchev–Trinajstić information content (AvgIpc) is 2.81. The second-order valence-corrected chi connectivity index (χ2v) is 5.07. The zero-order valence-electron chi connectivity index (χ0n) is 11.9. The summed E-state index contributed by atoms with van der Waals surface area (Å²) in [6.07, 6.45) is 0.825. The van der Waals surface area contributed by atoms with E-state index in [1.807, 2.05) is 24.3 Å². The van der Waals surface area contributed by atoms with Crippen molar-refractivity contribution in [3.05, 3.63) is 53.6 Å². The Balaban J connectivity index is 1.99. The Morgan fingerprint density at radius 3 is 2.43 bits per heavy atom. The Kier molecular flexibility index (Phi) is 3.22. The Morgan fingerprint density at radius 2 is 1.71 bits per heavy atom. The minimum absolute atomic E-state index is 0.333. The number of anilines is 1. The van der Waals surface area contributed by atoms with Gasteiger partial charge < -0.3 is 4.84 Å². The van der Waals surface area contributed by atoms with Crippen LogP contribution < -0.4 is 5.06 Å². The van der Waals surface area contributed by atoms with E-state index in [4.69, 9.17) is 4.84 Å². The summed E-state index contributed by atoms with van der Waals surface area (Å²) in [6, 6.07) is 13.9. The number of hydroxylamine groups is 1. The molecular weight excluding hydrogens is 266 g/mol. The summed E-state index contributed by atoms with van der Waals surface area (Å²) in [5.41, 5.74) is 5.37. The van der Waals surface area contributed by atoms with E-state index in [0.29, 0.717) is 5.69 Å². The fourth-order valence-corrected chi connectivity index (χ4v) is 2.69. The number of amides is 1. The van der Waals surface area contributed by atoms with Crippen molar-refractivity contribution >= 4 is 17.6 Å². The van der Waals surface area contributed by atoms with Crippen LogP contribution in [0.5, 0.6) is 0 Å². The van der Waals surface area contributed by atoms with Crippen molar-refractivity contribution in [2.24, 2.45) is 0 Å². The van der Waals surface area contributed by atoms with Crippen LogP contribution in [0.2, 0.25) is 0 Å². The number of rotatable bonds is 1. The van der Waals surface area contributed by atoms with Gasteiger partial charge in [-0.15, -0.1) is 5.06 Å². The molecule has 4 heteroatoms. The van der Waals surface area contributed by atoms with E-state index in [-0.39, 0.29) is 5.91 Å². The molecule has 0 aliphatic heterocycles. The van der Waals surface area contributed by atoms with Gasteiger partial charge in [-0.2, -0.15) is 0 Å². The predicted molar refractivity (Wildman–Crippen MR) is 79.6 cm³/mol. The first-order valence-corrected chi connectivity index (χ1v) is 6.76. The van der Waals surface area contributed by atoms with Crippen LogP contribution in [0, 0.1) is 0 Å². The maximum Gasteiger partial charge on any atom is 0.330 e. The molecule has 1 aliphatic rings. The van der Waals surface area contributed by atoms with E-state index in [2.05, 4.69) is 12.1 Å². The van der Waals surface area contributed by atoms with E-state index in [0.717, 1.165) is 17.0 Å². The second kappa shape index (κ2) is 5.05. The number of carbonyl (C=O) groups excluding carboxylic acids is 2. The molecule has 0 aromatic heterocycles. The van der Waals surface area contributed by atoms with Gasteiger partial charge in [-0.25, -0.2) is 4.79 Å². The fraction of sp³-hybridized carbons (Fsp3) is 0.176. The first kappa shape index (κ1) is 13.4. The summed E-state index contributed by atoms with van der Waals surface area (Å²) in [5, 5.41) is 1.03. The van der Waals surface area contributed by atoms with Gasteiger partial charge in [0.2, 0.25) is 0 Å². The van der Waals surface area contributed by atoms with Gasteiger partial charge >= 0.3 is 5.97 Å². The van der Waals surface area contributed by atoms with Gasteiger partial charge in [-0.3, -0.25) is 4.79 Å². The number of hydrogen-bond acceptors (Lipinski definition) is 3. The molecule has 2 aromatic rings. The smallest absolute Gasteiger partial charge is 0.330 e. The average molecular weight is 281 g/mol. The van der Waals surface area contributed by atoms with Crippen molar-refractivity contribution in [2.45, 2.75) is 20.3 Å². The van der Waals surface area contributed by atoms with Gasteiger partial charge in [0, 0.05) is 13.8 Å². The lowest BCUT2D eigenvalue weighted by Crippen LogP contribution is -2.30. The van der Waals surface area contributed by atoms with Crippen LogP contribution in [0.1, 0.15) is 25.0 Å². The quantitative estimate of drug-likeness (QED) is 0.644. The SMILES string of the molecule is CC(=O)ON(C(C)=O)c1ccc2c(c1)Cc1ccccc1-2. The minimum Gasteiger partial charge on any atom is -0.334 e. The Labute approximate surface area is 122 Å². The second-order valence-electron chi connectivity index (χ2n) is 5.07. The summed E-state index contributed by atoms with van der Waals surface area (Å²) < 4.78 is 0. The molecule has 0 saturated heterocycles. The molecule has 3 rings (SSSR count). The first-order chi connectivity index (χ1) is 10.1. The molecule has 0 radical (unpaired) electrons. The van der Waals surface area contributed by atoms with Gasteiger partial charge in [-0.1, -0.05) is 30.3 Å². The van der Waals surface area contributed by atoms with E-state index >= 15 is 0 Å². The molecule has 0 fully saturated rings. The lowest BCUT2D eigenvalue weighted by atomic mass is 10.1. The monoisotopic (exact) mass is 281 g/mol. The lowest BCUT2D eigenvalue weighted by Gasteiger charge is -2.19. The molecule has 0 bridgehead atoms. The Bertz CT molecular complexity index is 737. The van der Waals surface area contributed by atoms with Gasteiger partial charge in [-0.05, 0) is 40.8 Å². The molecule has 0 spiro atoms. The summed E-state index contributed by atoms with van der Waals surface area (Å²) in [7, 11) is 0. The van der Waals surface area contributed by atoms with Gasteiger partial charge in [0.1, 0.15) is 0 Å². The molecule has 2 aromatic carbocycles. The molecule has 0 atom stereocenters. The van der Waals surface area contributed by atoms with E-state index in [1.54, 1.807) is 6.07 Å². The van der Waals surface area contributed by atoms with Crippen LogP contribution in [-0.2, 0) is 20.8 Å². The molecular formula is C17H15NO3. The number of carbonyl (C=O) groups is 2. The molecule has 1 amide bonds. The van der Waals surface area contributed by atoms with E-state index in [9.17, 15) is 9.59 Å². The molecule has 106 valence electrons.